The van der Waals surface area contributed by atoms with Crippen molar-refractivity contribution in [2.75, 3.05) is 20.8 Å². The Bertz CT molecular complexity index is 1180. The lowest BCUT2D eigenvalue weighted by molar-refractivity contribution is -0.144. The largest absolute Gasteiger partial charge is 0.497 e. The third-order valence-electron chi connectivity index (χ3n) is 5.70. The fraction of sp³-hybridized carbons (Fsp3) is 0.286. The van der Waals surface area contributed by atoms with Gasteiger partial charge in [-0.3, -0.25) is 4.79 Å². The van der Waals surface area contributed by atoms with Crippen LogP contribution in [-0.2, 0) is 16.1 Å². The van der Waals surface area contributed by atoms with Gasteiger partial charge in [0.05, 0.1) is 37.1 Å². The van der Waals surface area contributed by atoms with Crippen LogP contribution < -0.4 is 9.47 Å². The van der Waals surface area contributed by atoms with Gasteiger partial charge in [-0.05, 0) is 72.6 Å². The highest BCUT2D eigenvalue weighted by molar-refractivity contribution is 7.18. The molecule has 0 aliphatic heterocycles. The fourth-order valence-corrected chi connectivity index (χ4v) is 4.92. The summed E-state index contributed by atoms with van der Waals surface area (Å²) in [5, 5.41) is 0.838. The molecule has 182 valence electrons. The standard InChI is InChI=1S/C28H30N2O4S/c1-4-5-6-18-34-25(31)19-30-17-7-8-24(30)28-29-26(20-9-13-22(32-2)14-10-20)27(35-28)21-11-15-23(33-3)16-12-21/h7-17H,4-6,18-19H2,1-3H3. The molecule has 7 heteroatoms. The highest BCUT2D eigenvalue weighted by Gasteiger charge is 2.19. The number of unbranched alkanes of at least 4 members (excludes halogenated alkanes) is 2. The number of benzene rings is 2. The van der Waals surface area contributed by atoms with E-state index in [2.05, 4.69) is 6.92 Å². The molecule has 35 heavy (non-hydrogen) atoms. The second-order valence-electron chi connectivity index (χ2n) is 8.10. The average molecular weight is 491 g/mol. The van der Waals surface area contributed by atoms with E-state index in [0.29, 0.717) is 6.61 Å². The van der Waals surface area contributed by atoms with Crippen LogP contribution >= 0.6 is 11.3 Å². The molecule has 6 nitrogen and oxygen atoms in total. The summed E-state index contributed by atoms with van der Waals surface area (Å²) in [6.45, 7) is 2.75. The molecular formula is C28H30N2O4S. The molecule has 0 N–H and O–H groups in total. The van der Waals surface area contributed by atoms with E-state index in [1.807, 2.05) is 71.4 Å². The van der Waals surface area contributed by atoms with Crippen LogP contribution in [0.15, 0.2) is 66.9 Å². The second-order valence-corrected chi connectivity index (χ2v) is 9.10. The van der Waals surface area contributed by atoms with Crippen LogP contribution in [0.25, 0.3) is 32.4 Å². The van der Waals surface area contributed by atoms with Crippen molar-refractivity contribution < 1.29 is 19.0 Å². The van der Waals surface area contributed by atoms with Gasteiger partial charge in [0.1, 0.15) is 23.1 Å². The number of methoxy groups -OCH3 is 2. The van der Waals surface area contributed by atoms with Crippen molar-refractivity contribution in [3.63, 3.8) is 0 Å². The molecule has 0 saturated carbocycles. The predicted octanol–water partition coefficient (Wildman–Crippen LogP) is 6.70. The molecule has 4 rings (SSSR count). The second kappa shape index (κ2) is 11.7. The highest BCUT2D eigenvalue weighted by Crippen LogP contribution is 2.41. The van der Waals surface area contributed by atoms with Crippen LogP contribution in [0.3, 0.4) is 0 Å². The fourth-order valence-electron chi connectivity index (χ4n) is 3.78. The first-order valence-corrected chi connectivity index (χ1v) is 12.6. The molecule has 2 aromatic carbocycles. The molecule has 0 aliphatic carbocycles. The lowest BCUT2D eigenvalue weighted by Gasteiger charge is -2.08. The Morgan fingerprint density at radius 1 is 0.914 bits per heavy atom. The highest BCUT2D eigenvalue weighted by atomic mass is 32.1. The van der Waals surface area contributed by atoms with E-state index in [-0.39, 0.29) is 12.5 Å². The smallest absolute Gasteiger partial charge is 0.325 e. The number of carbonyl (C=O) groups is 1. The predicted molar refractivity (Wildman–Crippen MR) is 140 cm³/mol. The summed E-state index contributed by atoms with van der Waals surface area (Å²) in [4.78, 5) is 18.5. The number of carbonyl (C=O) groups excluding carboxylic acids is 1. The maximum atomic E-state index is 12.4. The van der Waals surface area contributed by atoms with Gasteiger partial charge in [-0.25, -0.2) is 4.98 Å². The molecule has 2 heterocycles. The van der Waals surface area contributed by atoms with Crippen LogP contribution in [0.5, 0.6) is 11.5 Å². The van der Waals surface area contributed by atoms with Gasteiger partial charge in [0.15, 0.2) is 0 Å². The number of nitrogens with zero attached hydrogens (tertiary/aromatic N) is 2. The van der Waals surface area contributed by atoms with Gasteiger partial charge in [-0.1, -0.05) is 19.8 Å². The molecule has 4 aromatic rings. The van der Waals surface area contributed by atoms with E-state index >= 15 is 0 Å². The van der Waals surface area contributed by atoms with Crippen molar-refractivity contribution in [3.8, 4) is 43.9 Å². The lowest BCUT2D eigenvalue weighted by Crippen LogP contribution is -2.14. The first-order chi connectivity index (χ1) is 17.1. The summed E-state index contributed by atoms with van der Waals surface area (Å²) in [6, 6.07) is 19.8. The van der Waals surface area contributed by atoms with E-state index < -0.39 is 0 Å². The normalized spacial score (nSPS) is 10.8. The molecular weight excluding hydrogens is 460 g/mol. The maximum absolute atomic E-state index is 12.4. The van der Waals surface area contributed by atoms with Gasteiger partial charge in [0.25, 0.3) is 0 Å². The topological polar surface area (TPSA) is 62.6 Å². The van der Waals surface area contributed by atoms with Crippen molar-refractivity contribution in [1.29, 1.82) is 0 Å². The summed E-state index contributed by atoms with van der Waals surface area (Å²) in [5.74, 6) is 1.36. The minimum Gasteiger partial charge on any atom is -0.497 e. The Labute approximate surface area is 210 Å². The van der Waals surface area contributed by atoms with Crippen LogP contribution in [0.2, 0.25) is 0 Å². The number of thiazole rings is 1. The zero-order valence-corrected chi connectivity index (χ0v) is 21.1. The molecule has 0 radical (unpaired) electrons. The molecule has 0 bridgehead atoms. The molecule has 2 aromatic heterocycles. The van der Waals surface area contributed by atoms with Crippen molar-refractivity contribution in [2.24, 2.45) is 0 Å². The Kier molecular flexibility index (Phi) is 8.21. The van der Waals surface area contributed by atoms with Crippen molar-refractivity contribution in [1.82, 2.24) is 9.55 Å². The first-order valence-electron chi connectivity index (χ1n) is 11.7. The van der Waals surface area contributed by atoms with Crippen LogP contribution in [0.1, 0.15) is 26.2 Å². The average Bonchev–Trinajstić information content (AvgIpc) is 3.54. The quantitative estimate of drug-likeness (QED) is 0.173. The number of aromatic nitrogens is 2. The van der Waals surface area contributed by atoms with E-state index in [1.54, 1.807) is 25.6 Å². The number of hydrogen-bond acceptors (Lipinski definition) is 6. The number of esters is 1. The van der Waals surface area contributed by atoms with E-state index in [1.165, 1.54) is 0 Å². The minimum absolute atomic E-state index is 0.157. The van der Waals surface area contributed by atoms with E-state index in [4.69, 9.17) is 19.2 Å². The van der Waals surface area contributed by atoms with Gasteiger partial charge >= 0.3 is 5.97 Å². The summed E-state index contributed by atoms with van der Waals surface area (Å²) in [5.41, 5.74) is 3.81. The van der Waals surface area contributed by atoms with Gasteiger partial charge in [-0.2, -0.15) is 0 Å². The Hall–Kier alpha value is -3.58. The maximum Gasteiger partial charge on any atom is 0.325 e. The molecule has 0 saturated heterocycles. The summed E-state index contributed by atoms with van der Waals surface area (Å²) in [6.07, 6.45) is 4.94. The van der Waals surface area contributed by atoms with Crippen molar-refractivity contribution in [2.45, 2.75) is 32.7 Å². The SMILES string of the molecule is CCCCCOC(=O)Cn1cccc1-c1nc(-c2ccc(OC)cc2)c(-c2ccc(OC)cc2)s1. The van der Waals surface area contributed by atoms with E-state index in [9.17, 15) is 4.79 Å². The van der Waals surface area contributed by atoms with Crippen LogP contribution in [0, 0.1) is 0 Å². The van der Waals surface area contributed by atoms with Gasteiger partial charge < -0.3 is 18.8 Å². The molecule has 0 unspecified atom stereocenters. The van der Waals surface area contributed by atoms with E-state index in [0.717, 1.165) is 63.2 Å². The molecule has 0 atom stereocenters. The van der Waals surface area contributed by atoms with Crippen molar-refractivity contribution >= 4 is 17.3 Å². The molecule has 0 aliphatic rings. The van der Waals surface area contributed by atoms with Gasteiger partial charge in [0.2, 0.25) is 0 Å². The molecule has 0 fully saturated rings. The van der Waals surface area contributed by atoms with Gasteiger partial charge in [-0.15, -0.1) is 11.3 Å². The third-order valence-corrected chi connectivity index (χ3v) is 6.83. The third kappa shape index (κ3) is 5.92. The Morgan fingerprint density at radius 2 is 1.57 bits per heavy atom. The first kappa shape index (κ1) is 24.5. The number of rotatable bonds is 11. The van der Waals surface area contributed by atoms with Crippen LogP contribution in [-0.4, -0.2) is 36.3 Å². The Balaban J connectivity index is 1.67. The minimum atomic E-state index is -0.235. The number of hydrogen-bond donors (Lipinski definition) is 0. The monoisotopic (exact) mass is 490 g/mol. The van der Waals surface area contributed by atoms with Gasteiger partial charge in [0, 0.05) is 11.8 Å². The summed E-state index contributed by atoms with van der Waals surface area (Å²) >= 11 is 1.60. The van der Waals surface area contributed by atoms with Crippen LogP contribution in [0.4, 0.5) is 0 Å². The summed E-state index contributed by atoms with van der Waals surface area (Å²) in [7, 11) is 3.31. The van der Waals surface area contributed by atoms with Crippen molar-refractivity contribution in [3.05, 3.63) is 66.9 Å². The zero-order valence-electron chi connectivity index (χ0n) is 20.3. The lowest BCUT2D eigenvalue weighted by atomic mass is 10.1. The zero-order chi connectivity index (χ0) is 24.6. The molecule has 0 amide bonds. The Morgan fingerprint density at radius 3 is 2.20 bits per heavy atom. The number of ether oxygens (including phenoxy) is 3. The summed E-state index contributed by atoms with van der Waals surface area (Å²) < 4.78 is 18.0. The molecule has 0 spiro atoms.